The van der Waals surface area contributed by atoms with Gasteiger partial charge in [0, 0.05) is 0 Å². The summed E-state index contributed by atoms with van der Waals surface area (Å²) in [5, 5.41) is 0. The molecule has 2 aromatic heterocycles. The van der Waals surface area contributed by atoms with E-state index in [4.69, 9.17) is 0 Å². The van der Waals surface area contributed by atoms with E-state index in [1.54, 1.807) is 6.33 Å². The van der Waals surface area contributed by atoms with E-state index in [1.165, 1.54) is 6.33 Å². The van der Waals surface area contributed by atoms with Gasteiger partial charge >= 0.3 is 0 Å². The molecule has 2 heterocycles. The van der Waals surface area contributed by atoms with Gasteiger partial charge in [0.2, 0.25) is 0 Å². The molecule has 0 unspecified atom stereocenters. The zero-order valence-corrected chi connectivity index (χ0v) is 9.00. The van der Waals surface area contributed by atoms with Crippen molar-refractivity contribution in [1.29, 1.82) is 0 Å². The Hall–Kier alpha value is -0.490. The molecular formula is C6H4Br2N4. The summed E-state index contributed by atoms with van der Waals surface area (Å²) in [6.07, 6.45) is 3.10. The maximum absolute atomic E-state index is 4.10. The SMILES string of the molecule is BrC(Br)c1ncnc2nc[nH]c12. The number of rotatable bonds is 1. The summed E-state index contributed by atoms with van der Waals surface area (Å²) in [6, 6.07) is 0. The van der Waals surface area contributed by atoms with Crippen LogP contribution in [0.1, 0.15) is 9.43 Å². The molecule has 2 rings (SSSR count). The van der Waals surface area contributed by atoms with Gasteiger partial charge in [-0.15, -0.1) is 0 Å². The quantitative estimate of drug-likeness (QED) is 0.819. The van der Waals surface area contributed by atoms with Gasteiger partial charge in [-0.05, 0) is 0 Å². The monoisotopic (exact) mass is 290 g/mol. The van der Waals surface area contributed by atoms with Gasteiger partial charge in [0.1, 0.15) is 15.6 Å². The molecule has 1 N–H and O–H groups in total. The zero-order chi connectivity index (χ0) is 8.55. The van der Waals surface area contributed by atoms with Crippen molar-refractivity contribution < 1.29 is 0 Å². The predicted molar refractivity (Wildman–Crippen MR) is 52.3 cm³/mol. The lowest BCUT2D eigenvalue weighted by Gasteiger charge is -1.99. The van der Waals surface area contributed by atoms with Gasteiger partial charge in [0.25, 0.3) is 0 Å². The number of nitrogens with zero attached hydrogens (tertiary/aromatic N) is 3. The van der Waals surface area contributed by atoms with E-state index in [9.17, 15) is 0 Å². The number of alkyl halides is 2. The number of nitrogens with one attached hydrogen (secondary N) is 1. The van der Waals surface area contributed by atoms with Crippen LogP contribution in [0.5, 0.6) is 0 Å². The molecule has 0 aliphatic carbocycles. The van der Waals surface area contributed by atoms with Gasteiger partial charge in [-0.1, -0.05) is 31.9 Å². The predicted octanol–water partition coefficient (Wildman–Crippen LogP) is 2.14. The minimum atomic E-state index is 0.0240. The normalized spacial score (nSPS) is 11.2. The fourth-order valence-electron chi connectivity index (χ4n) is 0.949. The molecule has 0 radical (unpaired) electrons. The summed E-state index contributed by atoms with van der Waals surface area (Å²) >= 11 is 6.73. The van der Waals surface area contributed by atoms with Crippen molar-refractivity contribution in [2.45, 2.75) is 3.74 Å². The highest BCUT2D eigenvalue weighted by Crippen LogP contribution is 2.30. The molecule has 0 spiro atoms. The van der Waals surface area contributed by atoms with Crippen LogP contribution in [0.2, 0.25) is 0 Å². The number of halogens is 2. The second kappa shape index (κ2) is 3.10. The Morgan fingerprint density at radius 2 is 2.08 bits per heavy atom. The van der Waals surface area contributed by atoms with Crippen molar-refractivity contribution in [3.63, 3.8) is 0 Å². The van der Waals surface area contributed by atoms with Gasteiger partial charge < -0.3 is 4.98 Å². The third kappa shape index (κ3) is 1.25. The summed E-state index contributed by atoms with van der Waals surface area (Å²) in [5.74, 6) is 0. The minimum Gasteiger partial charge on any atom is -0.342 e. The zero-order valence-electron chi connectivity index (χ0n) is 5.83. The molecule has 0 saturated carbocycles. The topological polar surface area (TPSA) is 54.5 Å². The number of H-pyrrole nitrogens is 1. The number of aromatic amines is 1. The van der Waals surface area contributed by atoms with E-state index >= 15 is 0 Å². The van der Waals surface area contributed by atoms with Crippen LogP contribution >= 0.6 is 31.9 Å². The molecule has 0 aromatic carbocycles. The van der Waals surface area contributed by atoms with E-state index in [0.717, 1.165) is 11.2 Å². The van der Waals surface area contributed by atoms with Crippen LogP contribution < -0.4 is 0 Å². The number of hydrogen-bond acceptors (Lipinski definition) is 3. The molecular weight excluding hydrogens is 288 g/mol. The number of fused-ring (bicyclic) bond motifs is 1. The Kier molecular flexibility index (Phi) is 2.10. The molecule has 0 saturated heterocycles. The van der Waals surface area contributed by atoms with Crippen molar-refractivity contribution in [2.75, 3.05) is 0 Å². The second-order valence-corrected chi connectivity index (χ2v) is 5.22. The van der Waals surface area contributed by atoms with Gasteiger partial charge in [-0.2, -0.15) is 0 Å². The molecule has 0 fully saturated rings. The minimum absolute atomic E-state index is 0.0240. The lowest BCUT2D eigenvalue weighted by Crippen LogP contribution is -1.90. The molecule has 6 heteroatoms. The molecule has 0 aliphatic heterocycles. The highest BCUT2D eigenvalue weighted by atomic mass is 79.9. The lowest BCUT2D eigenvalue weighted by molar-refractivity contribution is 1.12. The molecule has 12 heavy (non-hydrogen) atoms. The maximum atomic E-state index is 4.10. The Labute approximate surface area is 85.1 Å². The largest absolute Gasteiger partial charge is 0.342 e. The number of aromatic nitrogens is 4. The fraction of sp³-hybridized carbons (Fsp3) is 0.167. The van der Waals surface area contributed by atoms with Crippen molar-refractivity contribution in [1.82, 2.24) is 19.9 Å². The first-order chi connectivity index (χ1) is 5.79. The molecule has 0 amide bonds. The first-order valence-corrected chi connectivity index (χ1v) is 5.04. The standard InChI is InChI=1S/C6H4Br2N4/c7-5(8)3-4-6(11-1-9-3)12-2-10-4/h1-2,5H,(H,9,10,11,12). The Balaban J connectivity index is 2.73. The Bertz CT molecular complexity index is 397. The molecule has 4 nitrogen and oxygen atoms in total. The second-order valence-electron chi connectivity index (χ2n) is 2.16. The van der Waals surface area contributed by atoms with Crippen LogP contribution in [0.4, 0.5) is 0 Å². The van der Waals surface area contributed by atoms with Crippen molar-refractivity contribution in [3.8, 4) is 0 Å². The average Bonchev–Trinajstić information content (AvgIpc) is 2.49. The Morgan fingerprint density at radius 1 is 1.25 bits per heavy atom. The number of imidazole rings is 1. The summed E-state index contributed by atoms with van der Waals surface area (Å²) in [7, 11) is 0. The third-order valence-electron chi connectivity index (χ3n) is 1.46. The van der Waals surface area contributed by atoms with Crippen LogP contribution in [0.3, 0.4) is 0 Å². The maximum Gasteiger partial charge on any atom is 0.180 e. The van der Waals surface area contributed by atoms with Gasteiger partial charge in [-0.3, -0.25) is 0 Å². The third-order valence-corrected chi connectivity index (χ3v) is 2.33. The summed E-state index contributed by atoms with van der Waals surface area (Å²) in [6.45, 7) is 0. The fourth-order valence-corrected chi connectivity index (χ4v) is 1.64. The van der Waals surface area contributed by atoms with E-state index < -0.39 is 0 Å². The first-order valence-electron chi connectivity index (χ1n) is 3.21. The van der Waals surface area contributed by atoms with E-state index in [2.05, 4.69) is 51.8 Å². The van der Waals surface area contributed by atoms with Gasteiger partial charge in [0.05, 0.1) is 12.0 Å². The molecule has 0 aliphatic rings. The van der Waals surface area contributed by atoms with Crippen LogP contribution in [0.15, 0.2) is 12.7 Å². The molecule has 2 aromatic rings. The van der Waals surface area contributed by atoms with Crippen molar-refractivity contribution in [3.05, 3.63) is 18.3 Å². The van der Waals surface area contributed by atoms with Crippen molar-refractivity contribution >= 4 is 43.0 Å². The summed E-state index contributed by atoms with van der Waals surface area (Å²) < 4.78 is 0.0240. The van der Waals surface area contributed by atoms with Gasteiger partial charge in [-0.25, -0.2) is 15.0 Å². The van der Waals surface area contributed by atoms with E-state index in [0.29, 0.717) is 5.65 Å². The van der Waals surface area contributed by atoms with Gasteiger partial charge in [0.15, 0.2) is 5.65 Å². The molecule has 0 bridgehead atoms. The summed E-state index contributed by atoms with van der Waals surface area (Å²) in [4.78, 5) is 15.1. The highest BCUT2D eigenvalue weighted by Gasteiger charge is 2.10. The smallest absolute Gasteiger partial charge is 0.180 e. The van der Waals surface area contributed by atoms with Crippen LogP contribution in [-0.4, -0.2) is 19.9 Å². The average molecular weight is 292 g/mol. The van der Waals surface area contributed by atoms with Crippen molar-refractivity contribution in [2.24, 2.45) is 0 Å². The van der Waals surface area contributed by atoms with Crippen LogP contribution in [0, 0.1) is 0 Å². The van der Waals surface area contributed by atoms with E-state index in [1.807, 2.05) is 0 Å². The Morgan fingerprint density at radius 3 is 2.83 bits per heavy atom. The van der Waals surface area contributed by atoms with Crippen LogP contribution in [-0.2, 0) is 0 Å². The highest BCUT2D eigenvalue weighted by molar-refractivity contribution is 9.24. The van der Waals surface area contributed by atoms with Crippen LogP contribution in [0.25, 0.3) is 11.2 Å². The number of hydrogen-bond donors (Lipinski definition) is 1. The molecule has 0 atom stereocenters. The van der Waals surface area contributed by atoms with E-state index in [-0.39, 0.29) is 3.74 Å². The summed E-state index contributed by atoms with van der Waals surface area (Å²) in [5.41, 5.74) is 2.40. The lowest BCUT2D eigenvalue weighted by atomic mass is 10.4. The molecule has 62 valence electrons. The first kappa shape index (κ1) is 8.12.